The molecule has 2 nitrogen and oxygen atoms in total. The van der Waals surface area contributed by atoms with Crippen LogP contribution in [-0.2, 0) is 0 Å². The van der Waals surface area contributed by atoms with Crippen LogP contribution in [0.2, 0.25) is 0 Å². The Kier molecular flexibility index (Phi) is 3.15. The summed E-state index contributed by atoms with van der Waals surface area (Å²) in [5.41, 5.74) is 0.121. The largest absolute Gasteiger partial charge is 0.360 e. The van der Waals surface area contributed by atoms with Gasteiger partial charge in [0.2, 0.25) is 0 Å². The fourth-order valence-electron chi connectivity index (χ4n) is 1.71. The van der Waals surface area contributed by atoms with Crippen LogP contribution in [0, 0.1) is 11.6 Å². The van der Waals surface area contributed by atoms with Gasteiger partial charge in [0.05, 0.1) is 5.56 Å². The van der Waals surface area contributed by atoms with Crippen LogP contribution in [0.5, 0.6) is 0 Å². The molecule has 0 atom stereocenters. The predicted molar refractivity (Wildman–Crippen MR) is 61.1 cm³/mol. The minimum Gasteiger partial charge on any atom is -0.360 e. The van der Waals surface area contributed by atoms with Crippen molar-refractivity contribution in [1.82, 2.24) is 5.16 Å². The van der Waals surface area contributed by atoms with Gasteiger partial charge in [0.1, 0.15) is 23.1 Å². The summed E-state index contributed by atoms with van der Waals surface area (Å²) in [6.07, 6.45) is 2.13. The summed E-state index contributed by atoms with van der Waals surface area (Å²) in [5.74, 6) is -0.125. The molecule has 17 heavy (non-hydrogen) atoms. The van der Waals surface area contributed by atoms with E-state index in [2.05, 4.69) is 5.16 Å². The molecule has 1 aliphatic rings. The van der Waals surface area contributed by atoms with Crippen LogP contribution in [0.3, 0.4) is 0 Å². The Morgan fingerprint density at radius 2 is 1.82 bits per heavy atom. The first-order valence-corrected chi connectivity index (χ1v) is 5.16. The maximum absolute atomic E-state index is 13.4. The Labute approximate surface area is 103 Å². The molecule has 3 rings (SSSR count). The quantitative estimate of drug-likeness (QED) is 0.815. The second-order valence-corrected chi connectivity index (χ2v) is 3.99. The molecule has 0 saturated heterocycles. The lowest BCUT2D eigenvalue weighted by Gasteiger charge is -1.98. The molecule has 2 aromatic rings. The van der Waals surface area contributed by atoms with Crippen LogP contribution in [-0.4, -0.2) is 5.16 Å². The second-order valence-electron chi connectivity index (χ2n) is 3.99. The van der Waals surface area contributed by atoms with Gasteiger partial charge in [-0.1, -0.05) is 11.2 Å². The highest BCUT2D eigenvalue weighted by Crippen LogP contribution is 2.41. The minimum atomic E-state index is -0.615. The zero-order valence-electron chi connectivity index (χ0n) is 8.82. The number of hydrogen-bond acceptors (Lipinski definition) is 2. The Balaban J connectivity index is 0.00000108. The van der Waals surface area contributed by atoms with Gasteiger partial charge in [-0.2, -0.15) is 0 Å². The minimum absolute atomic E-state index is 0. The summed E-state index contributed by atoms with van der Waals surface area (Å²) in [7, 11) is 0. The average Bonchev–Trinajstić information content (AvgIpc) is 2.99. The molecular weight excluding hydrogens is 248 g/mol. The highest BCUT2D eigenvalue weighted by molar-refractivity contribution is 5.85. The third-order valence-electron chi connectivity index (χ3n) is 2.73. The number of hydrogen-bond donors (Lipinski definition) is 0. The molecule has 1 fully saturated rings. The molecule has 5 heteroatoms. The maximum atomic E-state index is 13.4. The lowest BCUT2D eigenvalue weighted by Crippen LogP contribution is -1.88. The van der Waals surface area contributed by atoms with Gasteiger partial charge in [0, 0.05) is 12.0 Å². The third-order valence-corrected chi connectivity index (χ3v) is 2.73. The van der Waals surface area contributed by atoms with Crippen LogP contribution in [0.15, 0.2) is 28.8 Å². The molecule has 0 bridgehead atoms. The predicted octanol–water partition coefficient (Wildman–Crippen LogP) is 3.92. The Hall–Kier alpha value is -1.42. The van der Waals surface area contributed by atoms with Crippen molar-refractivity contribution in [2.45, 2.75) is 18.8 Å². The Morgan fingerprint density at radius 1 is 1.18 bits per heavy atom. The van der Waals surface area contributed by atoms with Crippen molar-refractivity contribution in [1.29, 1.82) is 0 Å². The lowest BCUT2D eigenvalue weighted by molar-refractivity contribution is 0.385. The van der Waals surface area contributed by atoms with Gasteiger partial charge in [-0.25, -0.2) is 8.78 Å². The molecule has 1 saturated carbocycles. The number of halogens is 3. The Bertz CT molecular complexity index is 517. The molecule has 1 aliphatic carbocycles. The number of rotatable bonds is 2. The van der Waals surface area contributed by atoms with Crippen molar-refractivity contribution in [3.63, 3.8) is 0 Å². The molecule has 0 radical (unpaired) electrons. The van der Waals surface area contributed by atoms with E-state index in [1.807, 2.05) is 0 Å². The number of benzene rings is 1. The fourth-order valence-corrected chi connectivity index (χ4v) is 1.71. The molecule has 0 unspecified atom stereocenters. The lowest BCUT2D eigenvalue weighted by atomic mass is 10.1. The van der Waals surface area contributed by atoms with Gasteiger partial charge in [-0.15, -0.1) is 12.4 Å². The molecule has 0 aliphatic heterocycles. The van der Waals surface area contributed by atoms with Crippen LogP contribution < -0.4 is 0 Å². The first-order chi connectivity index (χ1) is 7.75. The van der Waals surface area contributed by atoms with E-state index in [0.29, 0.717) is 5.92 Å². The number of nitrogens with zero attached hydrogens (tertiary/aromatic N) is 1. The summed E-state index contributed by atoms with van der Waals surface area (Å²) in [5, 5.41) is 3.71. The van der Waals surface area contributed by atoms with E-state index in [4.69, 9.17) is 4.52 Å². The second kappa shape index (κ2) is 4.45. The molecule has 0 amide bonds. The van der Waals surface area contributed by atoms with Gasteiger partial charge in [0.25, 0.3) is 0 Å². The molecule has 1 aromatic carbocycles. The van der Waals surface area contributed by atoms with Crippen LogP contribution in [0.1, 0.15) is 24.5 Å². The van der Waals surface area contributed by atoms with Crippen molar-refractivity contribution in [2.75, 3.05) is 0 Å². The summed E-state index contributed by atoms with van der Waals surface area (Å²) in [4.78, 5) is 0. The zero-order valence-corrected chi connectivity index (χ0v) is 9.64. The fraction of sp³-hybridized carbons (Fsp3) is 0.250. The topological polar surface area (TPSA) is 26.0 Å². The van der Waals surface area contributed by atoms with E-state index in [1.165, 1.54) is 18.2 Å². The maximum Gasteiger partial charge on any atom is 0.140 e. The first kappa shape index (κ1) is 12.0. The SMILES string of the molecule is Cl.Fc1cccc(F)c1-c1cc(C2CC2)on1. The summed E-state index contributed by atoms with van der Waals surface area (Å²) in [6.45, 7) is 0. The third kappa shape index (κ3) is 2.17. The molecular formula is C12H10ClF2NO. The summed E-state index contributed by atoms with van der Waals surface area (Å²) >= 11 is 0. The van der Waals surface area contributed by atoms with Crippen molar-refractivity contribution in [2.24, 2.45) is 0 Å². The molecule has 90 valence electrons. The van der Waals surface area contributed by atoms with E-state index in [-0.39, 0.29) is 23.7 Å². The highest BCUT2D eigenvalue weighted by Gasteiger charge is 2.28. The van der Waals surface area contributed by atoms with Crippen molar-refractivity contribution >= 4 is 12.4 Å². The summed E-state index contributed by atoms with van der Waals surface area (Å²) in [6, 6.07) is 5.38. The molecule has 0 spiro atoms. The van der Waals surface area contributed by atoms with E-state index in [0.717, 1.165) is 18.6 Å². The van der Waals surface area contributed by atoms with Gasteiger partial charge < -0.3 is 4.52 Å². The Morgan fingerprint density at radius 3 is 2.41 bits per heavy atom. The van der Waals surface area contributed by atoms with Crippen LogP contribution >= 0.6 is 12.4 Å². The van der Waals surface area contributed by atoms with E-state index in [1.54, 1.807) is 6.07 Å². The van der Waals surface area contributed by atoms with Gasteiger partial charge >= 0.3 is 0 Å². The number of aromatic nitrogens is 1. The van der Waals surface area contributed by atoms with E-state index in [9.17, 15) is 8.78 Å². The van der Waals surface area contributed by atoms with E-state index >= 15 is 0 Å². The summed E-state index contributed by atoms with van der Waals surface area (Å²) < 4.78 is 32.0. The standard InChI is InChI=1S/C12H9F2NO.ClH/c13-8-2-1-3-9(14)12(8)10-6-11(16-15-10)7-4-5-7;/h1-3,6-7H,4-5H2;1H. The normalized spacial score (nSPS) is 14.5. The molecule has 0 N–H and O–H groups in total. The van der Waals surface area contributed by atoms with Gasteiger partial charge in [-0.05, 0) is 25.0 Å². The van der Waals surface area contributed by atoms with Gasteiger partial charge in [-0.3, -0.25) is 0 Å². The first-order valence-electron chi connectivity index (χ1n) is 5.16. The van der Waals surface area contributed by atoms with Crippen molar-refractivity contribution < 1.29 is 13.3 Å². The highest BCUT2D eigenvalue weighted by atomic mass is 35.5. The monoisotopic (exact) mass is 257 g/mol. The van der Waals surface area contributed by atoms with Crippen molar-refractivity contribution in [3.8, 4) is 11.3 Å². The zero-order chi connectivity index (χ0) is 11.1. The molecule has 1 aromatic heterocycles. The average molecular weight is 258 g/mol. The molecule has 1 heterocycles. The smallest absolute Gasteiger partial charge is 0.140 e. The van der Waals surface area contributed by atoms with Crippen LogP contribution in [0.25, 0.3) is 11.3 Å². The van der Waals surface area contributed by atoms with Crippen LogP contribution in [0.4, 0.5) is 8.78 Å². The van der Waals surface area contributed by atoms with Gasteiger partial charge in [0.15, 0.2) is 0 Å². The van der Waals surface area contributed by atoms with Crippen molar-refractivity contribution in [3.05, 3.63) is 41.7 Å². The van der Waals surface area contributed by atoms with E-state index < -0.39 is 11.6 Å².